The van der Waals surface area contributed by atoms with Gasteiger partial charge >= 0.3 is 0 Å². The van der Waals surface area contributed by atoms with Crippen molar-refractivity contribution in [2.45, 2.75) is 65.5 Å². The molecule has 0 rings (SSSR count). The standard InChI is InChI=1S/C14H33N3/c1-7-16-13(3,4)9-11-15-12-10-14(5,6)17-8-2/h15-17H,7-12H2,1-6H3. The van der Waals surface area contributed by atoms with E-state index in [1.54, 1.807) is 0 Å². The highest BCUT2D eigenvalue weighted by Gasteiger charge is 2.16. The van der Waals surface area contributed by atoms with Gasteiger partial charge < -0.3 is 16.0 Å². The quantitative estimate of drug-likeness (QED) is 0.515. The summed E-state index contributed by atoms with van der Waals surface area (Å²) in [4.78, 5) is 0. The number of nitrogens with one attached hydrogen (secondary N) is 3. The molecule has 0 aromatic heterocycles. The largest absolute Gasteiger partial charge is 0.317 e. The van der Waals surface area contributed by atoms with Crippen LogP contribution in [0.15, 0.2) is 0 Å². The van der Waals surface area contributed by atoms with Crippen LogP contribution in [-0.4, -0.2) is 37.3 Å². The van der Waals surface area contributed by atoms with Gasteiger partial charge in [0.05, 0.1) is 0 Å². The summed E-state index contributed by atoms with van der Waals surface area (Å²) in [6.07, 6.45) is 2.34. The van der Waals surface area contributed by atoms with E-state index in [-0.39, 0.29) is 11.1 Å². The van der Waals surface area contributed by atoms with Gasteiger partial charge in [-0.05, 0) is 66.7 Å². The average molecular weight is 243 g/mol. The summed E-state index contributed by atoms with van der Waals surface area (Å²) in [5.74, 6) is 0. The summed E-state index contributed by atoms with van der Waals surface area (Å²) in [6, 6.07) is 0. The number of rotatable bonds is 10. The second-order valence-corrected chi connectivity index (χ2v) is 6.08. The molecule has 0 unspecified atom stereocenters. The van der Waals surface area contributed by atoms with Crippen LogP contribution in [0.3, 0.4) is 0 Å². The minimum atomic E-state index is 0.249. The second kappa shape index (κ2) is 8.06. The fourth-order valence-electron chi connectivity index (χ4n) is 2.06. The Morgan fingerprint density at radius 3 is 1.35 bits per heavy atom. The van der Waals surface area contributed by atoms with E-state index in [0.29, 0.717) is 0 Å². The van der Waals surface area contributed by atoms with Gasteiger partial charge in [-0.25, -0.2) is 0 Å². The average Bonchev–Trinajstić information content (AvgIpc) is 2.16. The van der Waals surface area contributed by atoms with Crippen LogP contribution in [0, 0.1) is 0 Å². The molecule has 0 aliphatic carbocycles. The molecule has 0 atom stereocenters. The molecule has 3 N–H and O–H groups in total. The maximum Gasteiger partial charge on any atom is 0.0137 e. The lowest BCUT2D eigenvalue weighted by atomic mass is 9.99. The molecule has 0 saturated carbocycles. The molecular weight excluding hydrogens is 210 g/mol. The number of hydrogen-bond donors (Lipinski definition) is 3. The molecular formula is C14H33N3. The third kappa shape index (κ3) is 9.57. The first-order chi connectivity index (χ1) is 7.83. The second-order valence-electron chi connectivity index (χ2n) is 6.08. The Labute approximate surface area is 108 Å². The van der Waals surface area contributed by atoms with E-state index >= 15 is 0 Å². The Hall–Kier alpha value is -0.120. The normalized spacial score (nSPS) is 13.1. The summed E-state index contributed by atoms with van der Waals surface area (Å²) >= 11 is 0. The molecule has 3 nitrogen and oxygen atoms in total. The van der Waals surface area contributed by atoms with Crippen molar-refractivity contribution < 1.29 is 0 Å². The Morgan fingerprint density at radius 1 is 0.706 bits per heavy atom. The third-order valence-corrected chi connectivity index (χ3v) is 3.16. The monoisotopic (exact) mass is 243 g/mol. The molecule has 0 fully saturated rings. The van der Waals surface area contributed by atoms with E-state index in [9.17, 15) is 0 Å². The third-order valence-electron chi connectivity index (χ3n) is 3.16. The van der Waals surface area contributed by atoms with Crippen LogP contribution in [0.5, 0.6) is 0 Å². The molecule has 0 aliphatic rings. The fraction of sp³-hybridized carbons (Fsp3) is 1.00. The lowest BCUT2D eigenvalue weighted by Crippen LogP contribution is -2.43. The van der Waals surface area contributed by atoms with E-state index in [4.69, 9.17) is 0 Å². The highest BCUT2D eigenvalue weighted by atomic mass is 15.0. The van der Waals surface area contributed by atoms with Crippen molar-refractivity contribution in [3.8, 4) is 0 Å². The van der Waals surface area contributed by atoms with E-state index < -0.39 is 0 Å². The zero-order valence-electron chi connectivity index (χ0n) is 12.7. The molecule has 0 bridgehead atoms. The van der Waals surface area contributed by atoms with Gasteiger partial charge in [0, 0.05) is 11.1 Å². The molecule has 0 aromatic carbocycles. The van der Waals surface area contributed by atoms with Crippen molar-refractivity contribution in [3.63, 3.8) is 0 Å². The van der Waals surface area contributed by atoms with Gasteiger partial charge in [-0.3, -0.25) is 0 Å². The summed E-state index contributed by atoms with van der Waals surface area (Å²) < 4.78 is 0. The van der Waals surface area contributed by atoms with Crippen LogP contribution in [-0.2, 0) is 0 Å². The van der Waals surface area contributed by atoms with Crippen molar-refractivity contribution in [2.75, 3.05) is 26.2 Å². The molecule has 0 spiro atoms. The summed E-state index contributed by atoms with van der Waals surface area (Å²) in [7, 11) is 0. The Balaban J connectivity index is 3.58. The highest BCUT2D eigenvalue weighted by molar-refractivity contribution is 4.79. The van der Waals surface area contributed by atoms with Crippen molar-refractivity contribution >= 4 is 0 Å². The van der Waals surface area contributed by atoms with E-state index in [0.717, 1.165) is 26.2 Å². The lowest BCUT2D eigenvalue weighted by Gasteiger charge is -2.28. The van der Waals surface area contributed by atoms with Gasteiger partial charge in [0.2, 0.25) is 0 Å². The minimum absolute atomic E-state index is 0.249. The first-order valence-electron chi connectivity index (χ1n) is 7.04. The molecule has 104 valence electrons. The first-order valence-corrected chi connectivity index (χ1v) is 7.04. The Bertz CT molecular complexity index is 168. The zero-order valence-corrected chi connectivity index (χ0v) is 12.7. The van der Waals surface area contributed by atoms with Gasteiger partial charge in [-0.1, -0.05) is 13.8 Å². The van der Waals surface area contributed by atoms with Crippen LogP contribution in [0.25, 0.3) is 0 Å². The molecule has 0 aliphatic heterocycles. The molecule has 0 aromatic rings. The van der Waals surface area contributed by atoms with Crippen LogP contribution >= 0.6 is 0 Å². The molecule has 17 heavy (non-hydrogen) atoms. The van der Waals surface area contributed by atoms with Crippen molar-refractivity contribution in [3.05, 3.63) is 0 Å². The first kappa shape index (κ1) is 16.9. The fourth-order valence-corrected chi connectivity index (χ4v) is 2.06. The molecule has 0 heterocycles. The highest BCUT2D eigenvalue weighted by Crippen LogP contribution is 2.08. The van der Waals surface area contributed by atoms with Gasteiger partial charge in [0.25, 0.3) is 0 Å². The SMILES string of the molecule is CCNC(C)(C)CCNCCC(C)(C)NCC. The van der Waals surface area contributed by atoms with Crippen molar-refractivity contribution in [1.82, 2.24) is 16.0 Å². The van der Waals surface area contributed by atoms with E-state index in [1.165, 1.54) is 12.8 Å². The van der Waals surface area contributed by atoms with Crippen LogP contribution in [0.4, 0.5) is 0 Å². The predicted molar refractivity (Wildman–Crippen MR) is 77.6 cm³/mol. The van der Waals surface area contributed by atoms with Gasteiger partial charge in [-0.15, -0.1) is 0 Å². The molecule has 3 heteroatoms. The maximum absolute atomic E-state index is 3.53. The van der Waals surface area contributed by atoms with Crippen LogP contribution in [0.2, 0.25) is 0 Å². The van der Waals surface area contributed by atoms with Crippen molar-refractivity contribution in [2.24, 2.45) is 0 Å². The lowest BCUT2D eigenvalue weighted by molar-refractivity contribution is 0.341. The smallest absolute Gasteiger partial charge is 0.0137 e. The Morgan fingerprint density at radius 2 is 1.06 bits per heavy atom. The summed E-state index contributed by atoms with van der Waals surface area (Å²) in [6.45, 7) is 17.6. The summed E-state index contributed by atoms with van der Waals surface area (Å²) in [5.41, 5.74) is 0.498. The van der Waals surface area contributed by atoms with E-state index in [2.05, 4.69) is 57.5 Å². The van der Waals surface area contributed by atoms with Crippen molar-refractivity contribution in [1.29, 1.82) is 0 Å². The van der Waals surface area contributed by atoms with Gasteiger partial charge in [-0.2, -0.15) is 0 Å². The zero-order chi connectivity index (χ0) is 13.4. The summed E-state index contributed by atoms with van der Waals surface area (Å²) in [5, 5.41) is 10.5. The molecule has 0 amide bonds. The van der Waals surface area contributed by atoms with Crippen LogP contribution in [0.1, 0.15) is 54.4 Å². The maximum atomic E-state index is 3.53. The topological polar surface area (TPSA) is 36.1 Å². The molecule has 0 saturated heterocycles. The van der Waals surface area contributed by atoms with Gasteiger partial charge in [0.1, 0.15) is 0 Å². The van der Waals surface area contributed by atoms with E-state index in [1.807, 2.05) is 0 Å². The number of hydrogen-bond acceptors (Lipinski definition) is 3. The minimum Gasteiger partial charge on any atom is -0.317 e. The predicted octanol–water partition coefficient (Wildman–Crippen LogP) is 2.13. The van der Waals surface area contributed by atoms with Gasteiger partial charge in [0.15, 0.2) is 0 Å². The Kier molecular flexibility index (Phi) is 8.01. The van der Waals surface area contributed by atoms with Crippen LogP contribution < -0.4 is 16.0 Å². The molecule has 0 radical (unpaired) electrons.